The van der Waals surface area contributed by atoms with E-state index in [1.807, 2.05) is 0 Å². The van der Waals surface area contributed by atoms with Crippen LogP contribution >= 0.6 is 0 Å². The van der Waals surface area contributed by atoms with Crippen LogP contribution in [0.2, 0.25) is 0 Å². The van der Waals surface area contributed by atoms with Crippen LogP contribution in [0.3, 0.4) is 0 Å². The van der Waals surface area contributed by atoms with Gasteiger partial charge >= 0.3 is 5.97 Å². The van der Waals surface area contributed by atoms with Gasteiger partial charge in [-0.05, 0) is 31.4 Å². The van der Waals surface area contributed by atoms with E-state index in [4.69, 9.17) is 14.3 Å². The number of piperidine rings is 1. The molecule has 9 nitrogen and oxygen atoms in total. The number of ether oxygens (including phenoxy) is 1. The van der Waals surface area contributed by atoms with Crippen LogP contribution in [0.25, 0.3) is 0 Å². The maximum Gasteiger partial charge on any atom is 0.371 e. The number of hydrogen-bond donors (Lipinski definition) is 1. The molecule has 2 aliphatic heterocycles. The van der Waals surface area contributed by atoms with Crippen molar-refractivity contribution in [3.05, 3.63) is 17.9 Å². The summed E-state index contributed by atoms with van der Waals surface area (Å²) in [6, 6.07) is 2.26. The number of nitrogens with zero attached hydrogens (tertiary/aromatic N) is 2. The molecule has 1 aromatic rings. The third-order valence-electron chi connectivity index (χ3n) is 4.72. The molecule has 0 aliphatic carbocycles. The summed E-state index contributed by atoms with van der Waals surface area (Å²) >= 11 is 0. The van der Waals surface area contributed by atoms with Gasteiger partial charge < -0.3 is 19.2 Å². The van der Waals surface area contributed by atoms with E-state index in [0.717, 1.165) is 18.6 Å². The number of aromatic carboxylic acids is 1. The smallest absolute Gasteiger partial charge is 0.371 e. The van der Waals surface area contributed by atoms with Crippen LogP contribution in [0.1, 0.15) is 29.8 Å². The lowest BCUT2D eigenvalue weighted by Crippen LogP contribution is -2.45. The van der Waals surface area contributed by atoms with Crippen LogP contribution in [0.5, 0.6) is 0 Å². The van der Waals surface area contributed by atoms with Crippen LogP contribution in [-0.4, -0.2) is 74.0 Å². The number of amides is 1. The van der Waals surface area contributed by atoms with E-state index >= 15 is 0 Å². The van der Waals surface area contributed by atoms with Gasteiger partial charge in [0.1, 0.15) is 0 Å². The average Bonchev–Trinajstić information content (AvgIpc) is 2.99. The van der Waals surface area contributed by atoms with Crippen LogP contribution in [-0.2, 0) is 19.6 Å². The van der Waals surface area contributed by atoms with Crippen molar-refractivity contribution >= 4 is 21.9 Å². The lowest BCUT2D eigenvalue weighted by Gasteiger charge is -2.32. The molecule has 1 amide bonds. The lowest BCUT2D eigenvalue weighted by molar-refractivity contribution is -0.136. The van der Waals surface area contributed by atoms with Crippen molar-refractivity contribution in [2.45, 2.75) is 24.4 Å². The number of furan rings is 1. The third kappa shape index (κ3) is 3.92. The largest absolute Gasteiger partial charge is 0.475 e. The topological polar surface area (TPSA) is 117 Å². The normalized spacial score (nSPS) is 20.7. The molecular weight excluding hydrogens is 364 g/mol. The molecule has 0 bridgehead atoms. The van der Waals surface area contributed by atoms with Crippen LogP contribution < -0.4 is 0 Å². The van der Waals surface area contributed by atoms with Gasteiger partial charge in [0.2, 0.25) is 16.8 Å². The van der Waals surface area contributed by atoms with Crippen molar-refractivity contribution in [2.75, 3.05) is 39.4 Å². The summed E-state index contributed by atoms with van der Waals surface area (Å²) in [6.45, 7) is 2.83. The van der Waals surface area contributed by atoms with Crippen LogP contribution in [0.15, 0.2) is 21.6 Å². The van der Waals surface area contributed by atoms with Gasteiger partial charge in [0.05, 0.1) is 6.61 Å². The number of carboxylic acid groups (broad SMARTS) is 1. The molecule has 3 rings (SSSR count). The first-order valence-electron chi connectivity index (χ1n) is 8.59. The molecule has 0 saturated carbocycles. The first-order valence-corrected chi connectivity index (χ1v) is 10.0. The first kappa shape index (κ1) is 18.9. The van der Waals surface area contributed by atoms with Crippen molar-refractivity contribution in [3.63, 3.8) is 0 Å². The molecular formula is C16H22N2O7S. The Hall–Kier alpha value is -1.91. The molecule has 10 heteroatoms. The Morgan fingerprint density at radius 2 is 1.81 bits per heavy atom. The fourth-order valence-corrected chi connectivity index (χ4v) is 4.65. The van der Waals surface area contributed by atoms with E-state index < -0.39 is 21.8 Å². The summed E-state index contributed by atoms with van der Waals surface area (Å²) in [5, 5.41) is 8.48. The minimum absolute atomic E-state index is 0.0544. The van der Waals surface area contributed by atoms with Gasteiger partial charge in [-0.1, -0.05) is 0 Å². The molecule has 0 radical (unpaired) electrons. The molecule has 0 unspecified atom stereocenters. The van der Waals surface area contributed by atoms with Gasteiger partial charge in [0, 0.05) is 38.7 Å². The first-order chi connectivity index (χ1) is 12.4. The zero-order chi connectivity index (χ0) is 18.7. The van der Waals surface area contributed by atoms with Gasteiger partial charge in [0.25, 0.3) is 10.0 Å². The Balaban J connectivity index is 1.61. The standard InChI is InChI=1S/C16H22N2O7S/c19-15(17-6-1-10-24-11-9-17)12-4-7-18(8-5-12)26(22,23)14-3-2-13(25-14)16(20)21/h2-3,12H,1,4-11H2,(H,20,21). The molecule has 1 aromatic heterocycles. The molecule has 2 fully saturated rings. The highest BCUT2D eigenvalue weighted by Gasteiger charge is 2.35. The zero-order valence-electron chi connectivity index (χ0n) is 14.3. The Kier molecular flexibility index (Phi) is 5.64. The van der Waals surface area contributed by atoms with E-state index in [-0.39, 0.29) is 30.0 Å². The highest BCUT2D eigenvalue weighted by molar-refractivity contribution is 7.89. The summed E-state index contributed by atoms with van der Waals surface area (Å²) in [5.41, 5.74) is 0. The summed E-state index contributed by atoms with van der Waals surface area (Å²) < 4.78 is 36.7. The molecule has 1 N–H and O–H groups in total. The monoisotopic (exact) mass is 386 g/mol. The average molecular weight is 386 g/mol. The second kappa shape index (κ2) is 7.77. The van der Waals surface area contributed by atoms with Gasteiger partial charge in [-0.15, -0.1) is 0 Å². The minimum atomic E-state index is -3.90. The van der Waals surface area contributed by atoms with E-state index in [0.29, 0.717) is 39.1 Å². The van der Waals surface area contributed by atoms with Crippen LogP contribution in [0, 0.1) is 5.92 Å². The minimum Gasteiger partial charge on any atom is -0.475 e. The summed E-state index contributed by atoms with van der Waals surface area (Å²) in [7, 11) is -3.90. The van der Waals surface area contributed by atoms with Crippen LogP contribution in [0.4, 0.5) is 0 Å². The fraction of sp³-hybridized carbons (Fsp3) is 0.625. The zero-order valence-corrected chi connectivity index (χ0v) is 15.1. The Morgan fingerprint density at radius 1 is 1.08 bits per heavy atom. The SMILES string of the molecule is O=C(O)c1ccc(S(=O)(=O)N2CCC(C(=O)N3CCCOCC3)CC2)o1. The Bertz CT molecular complexity index is 757. The molecule has 3 heterocycles. The molecule has 0 aromatic carbocycles. The van der Waals surface area contributed by atoms with E-state index in [9.17, 15) is 18.0 Å². The molecule has 0 atom stereocenters. The second-order valence-corrected chi connectivity index (χ2v) is 8.26. The highest BCUT2D eigenvalue weighted by atomic mass is 32.2. The summed E-state index contributed by atoms with van der Waals surface area (Å²) in [5.74, 6) is -1.89. The number of carbonyl (C=O) groups is 2. The van der Waals surface area contributed by atoms with Gasteiger partial charge in [-0.25, -0.2) is 13.2 Å². The second-order valence-electron chi connectivity index (χ2n) is 6.39. The van der Waals surface area contributed by atoms with Crippen molar-refractivity contribution in [3.8, 4) is 0 Å². The fourth-order valence-electron chi connectivity index (χ4n) is 3.27. The predicted molar refractivity (Wildman–Crippen MR) is 89.2 cm³/mol. The third-order valence-corrected chi connectivity index (χ3v) is 6.50. The van der Waals surface area contributed by atoms with Crippen molar-refractivity contribution in [1.29, 1.82) is 0 Å². The predicted octanol–water partition coefficient (Wildman–Crippen LogP) is 0.627. The number of sulfonamides is 1. The van der Waals surface area contributed by atoms with Gasteiger partial charge in [-0.3, -0.25) is 4.79 Å². The molecule has 2 saturated heterocycles. The van der Waals surface area contributed by atoms with Crippen molar-refractivity contribution in [2.24, 2.45) is 5.92 Å². The maximum atomic E-state index is 12.6. The Morgan fingerprint density at radius 3 is 2.46 bits per heavy atom. The van der Waals surface area contributed by atoms with E-state index in [2.05, 4.69) is 0 Å². The molecule has 0 spiro atoms. The van der Waals surface area contributed by atoms with Crippen molar-refractivity contribution < 1.29 is 32.3 Å². The summed E-state index contributed by atoms with van der Waals surface area (Å²) in [6.07, 6.45) is 1.67. The summed E-state index contributed by atoms with van der Waals surface area (Å²) in [4.78, 5) is 25.3. The van der Waals surface area contributed by atoms with E-state index in [1.54, 1.807) is 4.90 Å². The van der Waals surface area contributed by atoms with Gasteiger partial charge in [0.15, 0.2) is 0 Å². The van der Waals surface area contributed by atoms with Crippen molar-refractivity contribution in [1.82, 2.24) is 9.21 Å². The lowest BCUT2D eigenvalue weighted by atomic mass is 9.96. The Labute approximate surface area is 151 Å². The number of carboxylic acids is 1. The molecule has 2 aliphatic rings. The number of carbonyl (C=O) groups excluding carboxylic acids is 1. The van der Waals surface area contributed by atoms with E-state index in [1.165, 1.54) is 4.31 Å². The maximum absolute atomic E-state index is 12.6. The van der Waals surface area contributed by atoms with Gasteiger partial charge in [-0.2, -0.15) is 4.31 Å². The number of hydrogen-bond acceptors (Lipinski definition) is 6. The molecule has 26 heavy (non-hydrogen) atoms. The molecule has 144 valence electrons. The quantitative estimate of drug-likeness (QED) is 0.806. The highest BCUT2D eigenvalue weighted by Crippen LogP contribution is 2.26. The number of rotatable bonds is 4.